The lowest BCUT2D eigenvalue weighted by Gasteiger charge is -2.19. The van der Waals surface area contributed by atoms with Gasteiger partial charge in [0.1, 0.15) is 5.56 Å². The van der Waals surface area contributed by atoms with E-state index in [-0.39, 0.29) is 17.6 Å². The minimum absolute atomic E-state index is 0.00653. The van der Waals surface area contributed by atoms with Crippen LogP contribution >= 0.6 is 15.9 Å². The fraction of sp³-hybridized carbons (Fsp3) is 0.308. The third-order valence-electron chi connectivity index (χ3n) is 2.72. The lowest BCUT2D eigenvalue weighted by Crippen LogP contribution is -2.30. The van der Waals surface area contributed by atoms with Gasteiger partial charge in [0.15, 0.2) is 5.65 Å². The van der Waals surface area contributed by atoms with Crippen molar-refractivity contribution >= 4 is 32.9 Å². The molecule has 2 aromatic heterocycles. The summed E-state index contributed by atoms with van der Waals surface area (Å²) in [5.74, 6) is -0.630. The summed E-state index contributed by atoms with van der Waals surface area (Å²) in [6, 6.07) is 1.65. The maximum atomic E-state index is 12.4. The van der Waals surface area contributed by atoms with E-state index in [1.54, 1.807) is 43.0 Å². The zero-order valence-electron chi connectivity index (χ0n) is 11.4. The highest BCUT2D eigenvalue weighted by molar-refractivity contribution is 9.10. The van der Waals surface area contributed by atoms with Crippen LogP contribution < -0.4 is 10.4 Å². The molecular formula is C13H14BrN3O3. The number of hydrogen-bond acceptors (Lipinski definition) is 5. The number of ether oxygens (including phenoxy) is 1. The van der Waals surface area contributed by atoms with E-state index < -0.39 is 5.97 Å². The second kappa shape index (κ2) is 5.62. The SMILES string of the molecule is CCOC(=O)c1cn(N(C)C)c2ncc(Br)cc2c1=O. The molecule has 0 radical (unpaired) electrons. The van der Waals surface area contributed by atoms with E-state index in [9.17, 15) is 9.59 Å². The summed E-state index contributed by atoms with van der Waals surface area (Å²) < 4.78 is 7.23. The molecule has 20 heavy (non-hydrogen) atoms. The Balaban J connectivity index is 2.81. The highest BCUT2D eigenvalue weighted by Crippen LogP contribution is 2.15. The predicted molar refractivity (Wildman–Crippen MR) is 79.7 cm³/mol. The molecule has 2 heterocycles. The third kappa shape index (κ3) is 2.53. The predicted octanol–water partition coefficient (Wildman–Crippen LogP) is 1.53. The maximum Gasteiger partial charge on any atom is 0.343 e. The molecule has 0 aromatic carbocycles. The Bertz CT molecular complexity index is 725. The van der Waals surface area contributed by atoms with Crippen molar-refractivity contribution < 1.29 is 9.53 Å². The maximum absolute atomic E-state index is 12.4. The summed E-state index contributed by atoms with van der Waals surface area (Å²) in [6.07, 6.45) is 3.05. The van der Waals surface area contributed by atoms with Crippen molar-refractivity contribution in [2.45, 2.75) is 6.92 Å². The van der Waals surface area contributed by atoms with Gasteiger partial charge < -0.3 is 9.75 Å². The van der Waals surface area contributed by atoms with Crippen LogP contribution in [0.4, 0.5) is 0 Å². The highest BCUT2D eigenvalue weighted by Gasteiger charge is 2.18. The number of carbonyl (C=O) groups excluding carboxylic acids is 1. The monoisotopic (exact) mass is 339 g/mol. The molecule has 0 N–H and O–H groups in total. The van der Waals surface area contributed by atoms with Crippen LogP contribution in [0.1, 0.15) is 17.3 Å². The first-order chi connectivity index (χ1) is 9.45. The van der Waals surface area contributed by atoms with Crippen LogP contribution in [0.25, 0.3) is 11.0 Å². The molecule has 0 bridgehead atoms. The first kappa shape index (κ1) is 14.5. The Morgan fingerprint density at radius 2 is 2.20 bits per heavy atom. The van der Waals surface area contributed by atoms with Crippen molar-refractivity contribution in [2.75, 3.05) is 25.7 Å². The normalized spacial score (nSPS) is 10.6. The number of fused-ring (bicyclic) bond motifs is 1. The molecule has 106 valence electrons. The number of aromatic nitrogens is 2. The van der Waals surface area contributed by atoms with Gasteiger partial charge in [0, 0.05) is 31.0 Å². The molecule has 0 aliphatic carbocycles. The molecule has 6 nitrogen and oxygen atoms in total. The van der Waals surface area contributed by atoms with Crippen molar-refractivity contribution in [3.8, 4) is 0 Å². The minimum Gasteiger partial charge on any atom is -0.462 e. The molecule has 0 saturated heterocycles. The van der Waals surface area contributed by atoms with Crippen LogP contribution in [-0.4, -0.2) is 36.3 Å². The van der Waals surface area contributed by atoms with Gasteiger partial charge in [0.25, 0.3) is 0 Å². The van der Waals surface area contributed by atoms with Crippen molar-refractivity contribution in [1.82, 2.24) is 9.66 Å². The second-order valence-electron chi connectivity index (χ2n) is 4.31. The molecule has 0 saturated carbocycles. The molecule has 0 atom stereocenters. The van der Waals surface area contributed by atoms with Crippen LogP contribution in [0.2, 0.25) is 0 Å². The average molecular weight is 340 g/mol. The standard InChI is InChI=1S/C13H14BrN3O3/c1-4-20-13(19)10-7-17(16(2)3)12-9(11(10)18)5-8(14)6-15-12/h5-7H,4H2,1-3H3. The van der Waals surface area contributed by atoms with Gasteiger partial charge in [-0.05, 0) is 28.9 Å². The molecule has 0 fully saturated rings. The first-order valence-corrected chi connectivity index (χ1v) is 6.80. The van der Waals surface area contributed by atoms with Crippen molar-refractivity contribution in [2.24, 2.45) is 0 Å². The van der Waals surface area contributed by atoms with Crippen molar-refractivity contribution in [3.05, 3.63) is 38.7 Å². The van der Waals surface area contributed by atoms with Gasteiger partial charge in [0.2, 0.25) is 5.43 Å². The van der Waals surface area contributed by atoms with E-state index >= 15 is 0 Å². The number of pyridine rings is 2. The fourth-order valence-corrected chi connectivity index (χ4v) is 2.16. The average Bonchev–Trinajstić information content (AvgIpc) is 2.39. The van der Waals surface area contributed by atoms with Crippen LogP contribution in [0.15, 0.2) is 27.7 Å². The van der Waals surface area contributed by atoms with Gasteiger partial charge in [-0.1, -0.05) is 0 Å². The van der Waals surface area contributed by atoms with Crippen LogP contribution in [0.3, 0.4) is 0 Å². The van der Waals surface area contributed by atoms with E-state index in [0.717, 1.165) is 0 Å². The molecule has 0 aliphatic heterocycles. The molecule has 2 rings (SSSR count). The minimum atomic E-state index is -0.630. The Kier molecular flexibility index (Phi) is 4.08. The third-order valence-corrected chi connectivity index (χ3v) is 3.15. The summed E-state index contributed by atoms with van der Waals surface area (Å²) in [6.45, 7) is 1.91. The van der Waals surface area contributed by atoms with Crippen LogP contribution in [0.5, 0.6) is 0 Å². The van der Waals surface area contributed by atoms with Gasteiger partial charge in [-0.3, -0.25) is 4.79 Å². The molecule has 0 amide bonds. The number of nitrogens with zero attached hydrogens (tertiary/aromatic N) is 3. The van der Waals surface area contributed by atoms with Gasteiger partial charge in [0.05, 0.1) is 12.0 Å². The summed E-state index contributed by atoms with van der Waals surface area (Å²) in [5, 5.41) is 2.09. The number of rotatable bonds is 3. The summed E-state index contributed by atoms with van der Waals surface area (Å²) in [4.78, 5) is 28.5. The van der Waals surface area contributed by atoms with E-state index in [2.05, 4.69) is 20.9 Å². The quantitative estimate of drug-likeness (QED) is 0.793. The zero-order valence-corrected chi connectivity index (χ0v) is 13.0. The Labute approximate surface area is 124 Å². The highest BCUT2D eigenvalue weighted by atomic mass is 79.9. The number of hydrogen-bond donors (Lipinski definition) is 0. The molecular weight excluding hydrogens is 326 g/mol. The molecule has 0 aliphatic rings. The van der Waals surface area contributed by atoms with Crippen molar-refractivity contribution in [3.63, 3.8) is 0 Å². The largest absolute Gasteiger partial charge is 0.462 e. The fourth-order valence-electron chi connectivity index (χ4n) is 1.83. The Morgan fingerprint density at radius 3 is 2.80 bits per heavy atom. The summed E-state index contributed by atoms with van der Waals surface area (Å²) in [7, 11) is 3.59. The molecule has 7 heteroatoms. The van der Waals surface area contributed by atoms with Gasteiger partial charge in [-0.15, -0.1) is 0 Å². The van der Waals surface area contributed by atoms with Crippen molar-refractivity contribution in [1.29, 1.82) is 0 Å². The van der Waals surface area contributed by atoms with Gasteiger partial charge in [-0.2, -0.15) is 0 Å². The van der Waals surface area contributed by atoms with Gasteiger partial charge in [-0.25, -0.2) is 14.5 Å². The summed E-state index contributed by atoms with van der Waals surface area (Å²) >= 11 is 3.28. The van der Waals surface area contributed by atoms with E-state index in [4.69, 9.17) is 4.74 Å². The van der Waals surface area contributed by atoms with E-state index in [0.29, 0.717) is 15.5 Å². The van der Waals surface area contributed by atoms with Gasteiger partial charge >= 0.3 is 5.97 Å². The molecule has 0 spiro atoms. The van der Waals surface area contributed by atoms with Crippen LogP contribution in [0, 0.1) is 0 Å². The lowest BCUT2D eigenvalue weighted by molar-refractivity contribution is 0.0524. The second-order valence-corrected chi connectivity index (χ2v) is 5.22. The first-order valence-electron chi connectivity index (χ1n) is 6.01. The Hall–Kier alpha value is -1.89. The molecule has 0 unspecified atom stereocenters. The zero-order chi connectivity index (χ0) is 14.9. The molecule has 2 aromatic rings. The smallest absolute Gasteiger partial charge is 0.343 e. The van der Waals surface area contributed by atoms with E-state index in [1.165, 1.54) is 6.20 Å². The van der Waals surface area contributed by atoms with E-state index in [1.807, 2.05) is 0 Å². The number of esters is 1. The Morgan fingerprint density at radius 1 is 1.50 bits per heavy atom. The van der Waals surface area contributed by atoms with Crippen LogP contribution in [-0.2, 0) is 4.74 Å². The lowest BCUT2D eigenvalue weighted by atomic mass is 10.2. The summed E-state index contributed by atoms with van der Waals surface area (Å²) in [5.41, 5.74) is 0.0922. The number of carbonyl (C=O) groups is 1. The topological polar surface area (TPSA) is 64.4 Å². The number of halogens is 1.